The summed E-state index contributed by atoms with van der Waals surface area (Å²) in [7, 11) is -3.29. The number of nitrogens with zero attached hydrogens (tertiary/aromatic N) is 2. The minimum atomic E-state index is -3.29. The summed E-state index contributed by atoms with van der Waals surface area (Å²) in [6.07, 6.45) is 6.48. The van der Waals surface area contributed by atoms with Crippen LogP contribution in [0.2, 0.25) is 0 Å². The highest BCUT2D eigenvalue weighted by atomic mass is 32.2. The summed E-state index contributed by atoms with van der Waals surface area (Å²) in [5, 5.41) is 3.49. The second-order valence-corrected chi connectivity index (χ2v) is 7.82. The Kier molecular flexibility index (Phi) is 5.84. The monoisotopic (exact) mass is 303 g/mol. The molecule has 1 heterocycles. The van der Waals surface area contributed by atoms with Crippen LogP contribution in [0, 0.1) is 0 Å². The van der Waals surface area contributed by atoms with Gasteiger partial charge in [-0.15, -0.1) is 0 Å². The fourth-order valence-electron chi connectivity index (χ4n) is 2.91. The van der Waals surface area contributed by atoms with E-state index in [2.05, 4.69) is 5.32 Å². The molecule has 1 atom stereocenters. The molecular formula is C14H29N3O2S. The van der Waals surface area contributed by atoms with Gasteiger partial charge in [0.2, 0.25) is 0 Å². The van der Waals surface area contributed by atoms with E-state index < -0.39 is 10.2 Å². The van der Waals surface area contributed by atoms with E-state index in [9.17, 15) is 8.42 Å². The van der Waals surface area contributed by atoms with E-state index in [0.29, 0.717) is 25.7 Å². The van der Waals surface area contributed by atoms with Gasteiger partial charge in [-0.3, -0.25) is 0 Å². The van der Waals surface area contributed by atoms with Gasteiger partial charge in [0.1, 0.15) is 0 Å². The molecule has 1 unspecified atom stereocenters. The van der Waals surface area contributed by atoms with Gasteiger partial charge in [0.15, 0.2) is 0 Å². The zero-order valence-corrected chi connectivity index (χ0v) is 13.7. The van der Waals surface area contributed by atoms with Crippen molar-refractivity contribution in [1.29, 1.82) is 0 Å². The van der Waals surface area contributed by atoms with Gasteiger partial charge in [-0.05, 0) is 32.1 Å². The number of nitrogens with one attached hydrogen (secondary N) is 1. The number of rotatable bonds is 8. The van der Waals surface area contributed by atoms with E-state index in [0.717, 1.165) is 32.2 Å². The zero-order chi connectivity index (χ0) is 14.6. The summed E-state index contributed by atoms with van der Waals surface area (Å²) in [4.78, 5) is 0. The lowest BCUT2D eigenvalue weighted by atomic mass is 10.1. The molecule has 1 N–H and O–H groups in total. The Labute approximate surface area is 123 Å². The van der Waals surface area contributed by atoms with Gasteiger partial charge < -0.3 is 5.32 Å². The van der Waals surface area contributed by atoms with Crippen LogP contribution in [0.1, 0.15) is 52.4 Å². The van der Waals surface area contributed by atoms with Gasteiger partial charge in [0, 0.05) is 38.3 Å². The third-order valence-corrected chi connectivity index (χ3v) is 6.41. The minimum Gasteiger partial charge on any atom is -0.312 e. The normalized spacial score (nSPS) is 25.2. The van der Waals surface area contributed by atoms with Gasteiger partial charge >= 0.3 is 0 Å². The van der Waals surface area contributed by atoms with Crippen LogP contribution in [0.4, 0.5) is 0 Å². The molecule has 0 aromatic rings. The molecule has 0 amide bonds. The summed E-state index contributed by atoms with van der Waals surface area (Å²) >= 11 is 0. The maximum atomic E-state index is 12.8. The average molecular weight is 303 g/mol. The molecule has 2 fully saturated rings. The highest BCUT2D eigenvalue weighted by Crippen LogP contribution is 2.24. The van der Waals surface area contributed by atoms with Crippen molar-refractivity contribution >= 4 is 10.2 Å². The molecule has 118 valence electrons. The molecule has 1 saturated carbocycles. The Morgan fingerprint density at radius 2 is 1.95 bits per heavy atom. The molecule has 2 rings (SSSR count). The molecule has 0 aromatic heterocycles. The number of hydrogen-bond acceptors (Lipinski definition) is 3. The molecule has 1 aliphatic carbocycles. The van der Waals surface area contributed by atoms with Crippen LogP contribution in [0.25, 0.3) is 0 Å². The van der Waals surface area contributed by atoms with Crippen molar-refractivity contribution in [1.82, 2.24) is 13.9 Å². The summed E-state index contributed by atoms with van der Waals surface area (Å²) in [5.41, 5.74) is 0. The lowest BCUT2D eigenvalue weighted by molar-refractivity contribution is 0.226. The molecule has 2 aliphatic rings. The molecule has 0 radical (unpaired) electrons. The first kappa shape index (κ1) is 16.2. The zero-order valence-electron chi connectivity index (χ0n) is 12.8. The predicted octanol–water partition coefficient (Wildman–Crippen LogP) is 1.57. The van der Waals surface area contributed by atoms with Crippen LogP contribution in [0.15, 0.2) is 0 Å². The Morgan fingerprint density at radius 1 is 1.20 bits per heavy atom. The lowest BCUT2D eigenvalue weighted by Gasteiger charge is -2.38. The van der Waals surface area contributed by atoms with Crippen LogP contribution < -0.4 is 5.32 Å². The van der Waals surface area contributed by atoms with Crippen molar-refractivity contribution in [2.24, 2.45) is 0 Å². The first-order valence-corrected chi connectivity index (χ1v) is 9.49. The van der Waals surface area contributed by atoms with Crippen LogP contribution in [-0.2, 0) is 10.2 Å². The van der Waals surface area contributed by atoms with Crippen molar-refractivity contribution in [3.8, 4) is 0 Å². The number of hydrogen-bond donors (Lipinski definition) is 1. The lowest BCUT2D eigenvalue weighted by Crippen LogP contribution is -2.53. The van der Waals surface area contributed by atoms with E-state index in [-0.39, 0.29) is 6.04 Å². The number of piperidine rings is 1. The molecule has 0 spiro atoms. The van der Waals surface area contributed by atoms with Crippen LogP contribution in [0.5, 0.6) is 0 Å². The Balaban J connectivity index is 2.03. The van der Waals surface area contributed by atoms with Gasteiger partial charge in [0.25, 0.3) is 10.2 Å². The summed E-state index contributed by atoms with van der Waals surface area (Å²) in [5.74, 6) is 0. The fraction of sp³-hybridized carbons (Fsp3) is 1.00. The Bertz CT molecular complexity index is 395. The third kappa shape index (κ3) is 3.93. The molecule has 1 saturated heterocycles. The second-order valence-electron chi connectivity index (χ2n) is 5.94. The van der Waals surface area contributed by atoms with Gasteiger partial charge in [0.05, 0.1) is 0 Å². The van der Waals surface area contributed by atoms with Crippen LogP contribution in [-0.4, -0.2) is 55.3 Å². The highest BCUT2D eigenvalue weighted by Gasteiger charge is 2.36. The van der Waals surface area contributed by atoms with E-state index in [4.69, 9.17) is 0 Å². The average Bonchev–Trinajstić information content (AvgIpc) is 3.26. The van der Waals surface area contributed by atoms with Crippen molar-refractivity contribution in [3.63, 3.8) is 0 Å². The molecule has 0 aromatic carbocycles. The van der Waals surface area contributed by atoms with E-state index >= 15 is 0 Å². The largest absolute Gasteiger partial charge is 0.312 e. The van der Waals surface area contributed by atoms with Crippen molar-refractivity contribution in [2.45, 2.75) is 64.5 Å². The van der Waals surface area contributed by atoms with Gasteiger partial charge in [-0.2, -0.15) is 17.0 Å². The van der Waals surface area contributed by atoms with E-state index in [1.807, 2.05) is 13.8 Å². The SMILES string of the molecule is CCCN(CC)S(=O)(=O)N1CCCCC1CNC1CC1. The first-order valence-electron chi connectivity index (χ1n) is 8.09. The standard InChI is InChI=1S/C14H29N3O2S/c1-3-10-16(4-2)20(18,19)17-11-6-5-7-14(17)12-15-13-8-9-13/h13-15H,3-12H2,1-2H3. The molecule has 0 bridgehead atoms. The van der Waals surface area contributed by atoms with Crippen molar-refractivity contribution in [2.75, 3.05) is 26.2 Å². The minimum absolute atomic E-state index is 0.139. The molecule has 5 nitrogen and oxygen atoms in total. The predicted molar refractivity (Wildman–Crippen MR) is 81.8 cm³/mol. The van der Waals surface area contributed by atoms with E-state index in [1.165, 1.54) is 12.8 Å². The quantitative estimate of drug-likeness (QED) is 0.740. The first-order chi connectivity index (χ1) is 9.59. The maximum absolute atomic E-state index is 12.8. The van der Waals surface area contributed by atoms with E-state index in [1.54, 1.807) is 8.61 Å². The maximum Gasteiger partial charge on any atom is 0.282 e. The second kappa shape index (κ2) is 7.20. The fourth-order valence-corrected chi connectivity index (χ4v) is 4.86. The third-order valence-electron chi connectivity index (χ3n) is 4.24. The Morgan fingerprint density at radius 3 is 2.55 bits per heavy atom. The van der Waals surface area contributed by atoms with Crippen molar-refractivity contribution in [3.05, 3.63) is 0 Å². The Hall–Kier alpha value is -0.170. The van der Waals surface area contributed by atoms with Crippen molar-refractivity contribution < 1.29 is 8.42 Å². The highest BCUT2D eigenvalue weighted by molar-refractivity contribution is 7.86. The molecule has 6 heteroatoms. The molecule has 20 heavy (non-hydrogen) atoms. The molecular weight excluding hydrogens is 274 g/mol. The van der Waals surface area contributed by atoms with Crippen LogP contribution in [0.3, 0.4) is 0 Å². The van der Waals surface area contributed by atoms with Gasteiger partial charge in [-0.1, -0.05) is 20.3 Å². The smallest absolute Gasteiger partial charge is 0.282 e. The van der Waals surface area contributed by atoms with Crippen LogP contribution >= 0.6 is 0 Å². The van der Waals surface area contributed by atoms with Gasteiger partial charge in [-0.25, -0.2) is 0 Å². The molecule has 1 aliphatic heterocycles. The summed E-state index contributed by atoms with van der Waals surface area (Å²) in [6.45, 7) is 6.63. The summed E-state index contributed by atoms with van der Waals surface area (Å²) in [6, 6.07) is 0.777. The topological polar surface area (TPSA) is 52.7 Å². The summed E-state index contributed by atoms with van der Waals surface area (Å²) < 4.78 is 29.0.